The molecule has 0 radical (unpaired) electrons. The third-order valence-corrected chi connectivity index (χ3v) is 11.2. The monoisotopic (exact) mass is 624 g/mol. The van der Waals surface area contributed by atoms with Crippen LogP contribution >= 0.6 is 22.9 Å². The summed E-state index contributed by atoms with van der Waals surface area (Å²) in [4.78, 5) is 23.0. The molecule has 2 aliphatic heterocycles. The van der Waals surface area contributed by atoms with E-state index >= 15 is 0 Å². The van der Waals surface area contributed by atoms with E-state index in [2.05, 4.69) is 4.90 Å². The van der Waals surface area contributed by atoms with Gasteiger partial charge in [0.25, 0.3) is 15.9 Å². The molecule has 0 unspecified atom stereocenters. The molecule has 0 aliphatic carbocycles. The molecule has 3 aromatic carbocycles. The van der Waals surface area contributed by atoms with Crippen molar-refractivity contribution in [1.29, 1.82) is 0 Å². The van der Waals surface area contributed by atoms with E-state index in [1.54, 1.807) is 17.0 Å². The molecular formula is C31H33ClN4O4S2. The number of hydrogen-bond donors (Lipinski definition) is 0. The number of ether oxygens (including phenoxy) is 1. The Hall–Kier alpha value is -3.02. The molecule has 42 heavy (non-hydrogen) atoms. The van der Waals surface area contributed by atoms with Crippen molar-refractivity contribution in [3.05, 3.63) is 82.4 Å². The first-order valence-electron chi connectivity index (χ1n) is 14.2. The zero-order valence-corrected chi connectivity index (χ0v) is 25.8. The van der Waals surface area contributed by atoms with Gasteiger partial charge >= 0.3 is 0 Å². The maximum atomic E-state index is 14.0. The minimum absolute atomic E-state index is 0.164. The van der Waals surface area contributed by atoms with Gasteiger partial charge in [-0.05, 0) is 73.7 Å². The Morgan fingerprint density at radius 3 is 2.57 bits per heavy atom. The van der Waals surface area contributed by atoms with Crippen LogP contribution in [-0.4, -0.2) is 70.1 Å². The van der Waals surface area contributed by atoms with Crippen molar-refractivity contribution in [3.8, 4) is 0 Å². The van der Waals surface area contributed by atoms with Gasteiger partial charge in [-0.2, -0.15) is 0 Å². The number of fused-ring (bicyclic) bond motifs is 2. The van der Waals surface area contributed by atoms with Gasteiger partial charge in [0, 0.05) is 38.3 Å². The fourth-order valence-corrected chi connectivity index (χ4v) is 8.45. The van der Waals surface area contributed by atoms with Gasteiger partial charge in [0.2, 0.25) is 0 Å². The summed E-state index contributed by atoms with van der Waals surface area (Å²) in [6.45, 7) is 6.91. The smallest absolute Gasteiger partial charge is 0.264 e. The van der Waals surface area contributed by atoms with E-state index in [0.29, 0.717) is 28.8 Å². The first kappa shape index (κ1) is 29.1. The number of hydrogen-bond acceptors (Lipinski definition) is 7. The van der Waals surface area contributed by atoms with Gasteiger partial charge < -0.3 is 4.74 Å². The minimum Gasteiger partial charge on any atom is -0.379 e. The number of rotatable bonds is 8. The largest absolute Gasteiger partial charge is 0.379 e. The molecule has 11 heteroatoms. The van der Waals surface area contributed by atoms with Gasteiger partial charge in [0.15, 0.2) is 5.13 Å². The van der Waals surface area contributed by atoms with Crippen LogP contribution < -0.4 is 9.21 Å². The highest BCUT2D eigenvalue weighted by Crippen LogP contribution is 2.37. The average molecular weight is 625 g/mol. The highest BCUT2D eigenvalue weighted by Gasteiger charge is 2.30. The average Bonchev–Trinajstić information content (AvgIpc) is 3.48. The van der Waals surface area contributed by atoms with E-state index < -0.39 is 10.0 Å². The van der Waals surface area contributed by atoms with Crippen molar-refractivity contribution in [1.82, 2.24) is 9.88 Å². The summed E-state index contributed by atoms with van der Waals surface area (Å²) >= 11 is 7.89. The molecule has 6 rings (SSSR count). The molecule has 3 heterocycles. The summed E-state index contributed by atoms with van der Waals surface area (Å²) in [5.41, 5.74) is 3.93. The summed E-state index contributed by atoms with van der Waals surface area (Å²) < 4.78 is 35.1. The Morgan fingerprint density at radius 1 is 1.05 bits per heavy atom. The number of sulfonamides is 1. The maximum Gasteiger partial charge on any atom is 0.264 e. The molecule has 0 N–H and O–H groups in total. The Kier molecular flexibility index (Phi) is 8.51. The molecular weight excluding hydrogens is 592 g/mol. The first-order chi connectivity index (χ1) is 20.3. The Bertz CT molecular complexity index is 1660. The normalized spacial score (nSPS) is 16.0. The first-order valence-corrected chi connectivity index (χ1v) is 16.8. The number of carbonyl (C=O) groups is 1. The van der Waals surface area contributed by atoms with Crippen LogP contribution in [0, 0.1) is 6.92 Å². The SMILES string of the molecule is Cc1ccc(Cl)c2sc(N(CCCN3CCOCC3)C(=O)c3ccc(S(=O)(=O)N4CCCc5ccccc54)cc3)nc12. The lowest BCUT2D eigenvalue weighted by Crippen LogP contribution is -2.39. The van der Waals surface area contributed by atoms with Crippen molar-refractivity contribution in [2.45, 2.75) is 31.1 Å². The molecule has 1 amide bonds. The fourth-order valence-electron chi connectivity index (χ4n) is 5.57. The second-order valence-electron chi connectivity index (χ2n) is 10.6. The number of aromatic nitrogens is 1. The summed E-state index contributed by atoms with van der Waals surface area (Å²) in [5.74, 6) is -0.225. The lowest BCUT2D eigenvalue weighted by molar-refractivity contribution is 0.0376. The molecule has 220 valence electrons. The lowest BCUT2D eigenvalue weighted by atomic mass is 10.0. The molecule has 0 saturated carbocycles. The summed E-state index contributed by atoms with van der Waals surface area (Å²) in [6.07, 6.45) is 2.38. The second kappa shape index (κ2) is 12.3. The van der Waals surface area contributed by atoms with Gasteiger partial charge in [-0.3, -0.25) is 18.9 Å². The van der Waals surface area contributed by atoms with Crippen LogP contribution in [0.15, 0.2) is 65.6 Å². The van der Waals surface area contributed by atoms with Crippen LogP contribution in [0.4, 0.5) is 10.8 Å². The third-order valence-electron chi connectivity index (χ3n) is 7.88. The summed E-state index contributed by atoms with van der Waals surface area (Å²) in [5, 5.41) is 1.18. The van der Waals surface area contributed by atoms with Gasteiger partial charge in [-0.1, -0.05) is 47.2 Å². The quantitative estimate of drug-likeness (QED) is 0.248. The molecule has 0 bridgehead atoms. The summed E-state index contributed by atoms with van der Waals surface area (Å²) in [6, 6.07) is 17.7. The van der Waals surface area contributed by atoms with E-state index in [1.165, 1.54) is 27.8 Å². The zero-order valence-electron chi connectivity index (χ0n) is 23.5. The van der Waals surface area contributed by atoms with Crippen LogP contribution in [-0.2, 0) is 21.2 Å². The van der Waals surface area contributed by atoms with Crippen molar-refractivity contribution < 1.29 is 17.9 Å². The van der Waals surface area contributed by atoms with Crippen LogP contribution in [0.5, 0.6) is 0 Å². The third kappa shape index (κ3) is 5.78. The second-order valence-corrected chi connectivity index (χ2v) is 13.9. The topological polar surface area (TPSA) is 83.0 Å². The molecule has 1 saturated heterocycles. The maximum absolute atomic E-state index is 14.0. The molecule has 2 aliphatic rings. The van der Waals surface area contributed by atoms with Crippen molar-refractivity contribution >= 4 is 59.9 Å². The number of amides is 1. The van der Waals surface area contributed by atoms with E-state index in [-0.39, 0.29) is 10.8 Å². The highest BCUT2D eigenvalue weighted by atomic mass is 35.5. The van der Waals surface area contributed by atoms with Crippen LogP contribution in [0.2, 0.25) is 5.02 Å². The standard InChI is InChI=1S/C31H33ClN4O4S2/c1-22-9-14-26(32)29-28(22)33-31(41-29)35(16-5-15-34-18-20-40-21-19-34)30(37)24-10-12-25(13-11-24)42(38,39)36-17-4-7-23-6-2-3-8-27(23)36/h2-3,6,8-14H,4-5,7,15-21H2,1H3. The Labute approximate surface area is 255 Å². The van der Waals surface area contributed by atoms with Gasteiger partial charge in [-0.15, -0.1) is 0 Å². The van der Waals surface area contributed by atoms with Crippen molar-refractivity contribution in [2.24, 2.45) is 0 Å². The van der Waals surface area contributed by atoms with Gasteiger partial charge in [0.05, 0.1) is 39.0 Å². The van der Waals surface area contributed by atoms with Gasteiger partial charge in [0.1, 0.15) is 0 Å². The number of thiazole rings is 1. The van der Waals surface area contributed by atoms with Crippen LogP contribution in [0.25, 0.3) is 10.2 Å². The number of para-hydroxylation sites is 1. The van der Waals surface area contributed by atoms with E-state index in [0.717, 1.165) is 79.1 Å². The number of morpholine rings is 1. The minimum atomic E-state index is -3.78. The summed E-state index contributed by atoms with van der Waals surface area (Å²) in [7, 11) is -3.78. The molecule has 1 fully saturated rings. The Balaban J connectivity index is 1.27. The number of aryl methyl sites for hydroxylation is 2. The number of nitrogens with zero attached hydrogens (tertiary/aromatic N) is 4. The molecule has 8 nitrogen and oxygen atoms in total. The van der Waals surface area contributed by atoms with E-state index in [9.17, 15) is 13.2 Å². The highest BCUT2D eigenvalue weighted by molar-refractivity contribution is 7.92. The van der Waals surface area contributed by atoms with E-state index in [1.807, 2.05) is 43.3 Å². The Morgan fingerprint density at radius 2 is 1.81 bits per heavy atom. The lowest BCUT2D eigenvalue weighted by Gasteiger charge is -2.30. The van der Waals surface area contributed by atoms with Crippen molar-refractivity contribution in [2.75, 3.05) is 55.1 Å². The van der Waals surface area contributed by atoms with E-state index in [4.69, 9.17) is 21.3 Å². The predicted octanol–water partition coefficient (Wildman–Crippen LogP) is 5.77. The van der Waals surface area contributed by atoms with Crippen molar-refractivity contribution in [3.63, 3.8) is 0 Å². The van der Waals surface area contributed by atoms with Crippen LogP contribution in [0.1, 0.15) is 34.3 Å². The zero-order chi connectivity index (χ0) is 29.3. The molecule has 1 aromatic heterocycles. The number of benzene rings is 3. The number of anilines is 2. The number of halogens is 1. The molecule has 0 atom stereocenters. The number of carbonyl (C=O) groups excluding carboxylic acids is 1. The molecule has 0 spiro atoms. The van der Waals surface area contributed by atoms with Gasteiger partial charge in [-0.25, -0.2) is 13.4 Å². The van der Waals surface area contributed by atoms with Crippen LogP contribution in [0.3, 0.4) is 0 Å². The molecule has 4 aromatic rings. The fraction of sp³-hybridized carbons (Fsp3) is 0.355. The predicted molar refractivity (Wildman–Crippen MR) is 169 cm³/mol.